The highest BCUT2D eigenvalue weighted by atomic mass is 79.9. The molecule has 0 saturated carbocycles. The molecule has 4 nitrogen and oxygen atoms in total. The van der Waals surface area contributed by atoms with Crippen LogP contribution >= 0.6 is 27.3 Å². The molecule has 0 saturated heterocycles. The number of nitrogen functional groups attached to an aromatic ring is 1. The highest BCUT2D eigenvalue weighted by molar-refractivity contribution is 9.11. The summed E-state index contributed by atoms with van der Waals surface area (Å²) in [5, 5.41) is 5.09. The van der Waals surface area contributed by atoms with Gasteiger partial charge in [0.25, 0.3) is 0 Å². The SMILES string of the molecule is Cn1nc(-c2ncc(Br)s2)cc1N. The molecule has 0 aromatic carbocycles. The molecule has 2 N–H and O–H groups in total. The van der Waals surface area contributed by atoms with Crippen LogP contribution in [0, 0.1) is 0 Å². The summed E-state index contributed by atoms with van der Waals surface area (Å²) in [5.74, 6) is 0.640. The molecule has 0 radical (unpaired) electrons. The first kappa shape index (κ1) is 8.71. The Labute approximate surface area is 87.5 Å². The first-order chi connectivity index (χ1) is 6.16. The lowest BCUT2D eigenvalue weighted by atomic mass is 10.4. The van der Waals surface area contributed by atoms with Crippen molar-refractivity contribution in [2.45, 2.75) is 0 Å². The lowest BCUT2D eigenvalue weighted by Crippen LogP contribution is -1.96. The Morgan fingerprint density at radius 2 is 2.38 bits per heavy atom. The standard InChI is InChI=1S/C7H7BrN4S/c1-12-6(9)2-4(11-12)7-10-3-5(8)13-7/h2-3H,9H2,1H3. The smallest absolute Gasteiger partial charge is 0.144 e. The van der Waals surface area contributed by atoms with Crippen molar-refractivity contribution in [3.63, 3.8) is 0 Å². The number of rotatable bonds is 1. The molecule has 68 valence electrons. The van der Waals surface area contributed by atoms with E-state index in [4.69, 9.17) is 5.73 Å². The zero-order valence-electron chi connectivity index (χ0n) is 6.86. The van der Waals surface area contributed by atoms with Crippen molar-refractivity contribution in [3.05, 3.63) is 16.0 Å². The van der Waals surface area contributed by atoms with Crippen molar-refractivity contribution in [2.24, 2.45) is 7.05 Å². The van der Waals surface area contributed by atoms with Crippen LogP contribution in [-0.4, -0.2) is 14.8 Å². The maximum Gasteiger partial charge on any atom is 0.144 e. The molecule has 0 fully saturated rings. The Morgan fingerprint density at radius 1 is 1.62 bits per heavy atom. The number of nitrogens with zero attached hydrogens (tertiary/aromatic N) is 3. The van der Waals surface area contributed by atoms with E-state index in [9.17, 15) is 0 Å². The summed E-state index contributed by atoms with van der Waals surface area (Å²) >= 11 is 4.88. The maximum absolute atomic E-state index is 5.65. The number of hydrogen-bond donors (Lipinski definition) is 1. The lowest BCUT2D eigenvalue weighted by Gasteiger charge is -1.88. The van der Waals surface area contributed by atoms with Crippen molar-refractivity contribution in [2.75, 3.05) is 5.73 Å². The van der Waals surface area contributed by atoms with Gasteiger partial charge in [0.2, 0.25) is 0 Å². The fraction of sp³-hybridized carbons (Fsp3) is 0.143. The first-order valence-corrected chi connectivity index (χ1v) is 5.19. The molecule has 0 unspecified atom stereocenters. The molecule has 2 heterocycles. The number of anilines is 1. The molecule has 0 spiro atoms. The summed E-state index contributed by atoms with van der Waals surface area (Å²) in [4.78, 5) is 4.18. The van der Waals surface area contributed by atoms with Gasteiger partial charge in [0.1, 0.15) is 16.5 Å². The zero-order valence-corrected chi connectivity index (χ0v) is 9.26. The molecule has 0 amide bonds. The third-order valence-corrected chi connectivity index (χ3v) is 3.11. The molecule has 13 heavy (non-hydrogen) atoms. The van der Waals surface area contributed by atoms with E-state index in [1.54, 1.807) is 10.9 Å². The van der Waals surface area contributed by atoms with Gasteiger partial charge in [-0.15, -0.1) is 11.3 Å². The monoisotopic (exact) mass is 258 g/mol. The van der Waals surface area contributed by atoms with Crippen LogP contribution < -0.4 is 5.73 Å². The van der Waals surface area contributed by atoms with Crippen LogP contribution in [0.25, 0.3) is 10.7 Å². The van der Waals surface area contributed by atoms with Crippen molar-refractivity contribution in [3.8, 4) is 10.7 Å². The Balaban J connectivity index is 2.46. The van der Waals surface area contributed by atoms with Crippen LogP contribution in [0.3, 0.4) is 0 Å². The largest absolute Gasteiger partial charge is 0.384 e. The van der Waals surface area contributed by atoms with E-state index in [0.29, 0.717) is 5.82 Å². The molecular formula is C7H7BrN4S. The lowest BCUT2D eigenvalue weighted by molar-refractivity contribution is 0.782. The van der Waals surface area contributed by atoms with Gasteiger partial charge >= 0.3 is 0 Å². The molecular weight excluding hydrogens is 252 g/mol. The summed E-state index contributed by atoms with van der Waals surface area (Å²) in [6.45, 7) is 0. The Bertz CT molecular complexity index is 414. The van der Waals surface area contributed by atoms with E-state index < -0.39 is 0 Å². The number of hydrogen-bond acceptors (Lipinski definition) is 4. The average Bonchev–Trinajstić information content (AvgIpc) is 2.61. The van der Waals surface area contributed by atoms with Gasteiger partial charge in [-0.25, -0.2) is 4.98 Å². The van der Waals surface area contributed by atoms with Gasteiger partial charge in [0.15, 0.2) is 0 Å². The Kier molecular flexibility index (Phi) is 2.09. The second-order valence-corrected chi connectivity index (χ2v) is 4.96. The topological polar surface area (TPSA) is 56.7 Å². The van der Waals surface area contributed by atoms with E-state index in [1.807, 2.05) is 13.1 Å². The van der Waals surface area contributed by atoms with E-state index >= 15 is 0 Å². The average molecular weight is 259 g/mol. The van der Waals surface area contributed by atoms with E-state index in [1.165, 1.54) is 11.3 Å². The van der Waals surface area contributed by atoms with E-state index in [0.717, 1.165) is 14.5 Å². The van der Waals surface area contributed by atoms with E-state index in [-0.39, 0.29) is 0 Å². The van der Waals surface area contributed by atoms with Gasteiger partial charge in [-0.1, -0.05) is 0 Å². The van der Waals surface area contributed by atoms with Crippen molar-refractivity contribution in [1.82, 2.24) is 14.8 Å². The summed E-state index contributed by atoms with van der Waals surface area (Å²) in [6.07, 6.45) is 1.75. The molecule has 2 aromatic rings. The molecule has 2 aromatic heterocycles. The molecule has 0 aliphatic heterocycles. The third-order valence-electron chi connectivity index (χ3n) is 1.61. The van der Waals surface area contributed by atoms with Crippen molar-refractivity contribution < 1.29 is 0 Å². The van der Waals surface area contributed by atoms with Gasteiger partial charge < -0.3 is 5.73 Å². The number of aromatic nitrogens is 3. The second kappa shape index (κ2) is 3.12. The highest BCUT2D eigenvalue weighted by Crippen LogP contribution is 2.28. The van der Waals surface area contributed by atoms with Crippen LogP contribution in [0.15, 0.2) is 16.0 Å². The van der Waals surface area contributed by atoms with Crippen molar-refractivity contribution in [1.29, 1.82) is 0 Å². The summed E-state index contributed by atoms with van der Waals surface area (Å²) in [6, 6.07) is 1.81. The number of nitrogens with two attached hydrogens (primary N) is 1. The second-order valence-electron chi connectivity index (χ2n) is 2.55. The van der Waals surface area contributed by atoms with Gasteiger partial charge in [0, 0.05) is 13.1 Å². The number of halogens is 1. The maximum atomic E-state index is 5.65. The molecule has 2 rings (SSSR count). The fourth-order valence-electron chi connectivity index (χ4n) is 0.959. The predicted octanol–water partition coefficient (Wildman–Crippen LogP) is 1.89. The van der Waals surface area contributed by atoms with Crippen LogP contribution in [0.2, 0.25) is 0 Å². The first-order valence-electron chi connectivity index (χ1n) is 3.58. The molecule has 6 heteroatoms. The normalized spacial score (nSPS) is 10.6. The van der Waals surface area contributed by atoms with Crippen LogP contribution in [0.4, 0.5) is 5.82 Å². The predicted molar refractivity (Wildman–Crippen MR) is 56.4 cm³/mol. The quantitative estimate of drug-likeness (QED) is 0.850. The highest BCUT2D eigenvalue weighted by Gasteiger charge is 2.08. The van der Waals surface area contributed by atoms with Gasteiger partial charge in [-0.3, -0.25) is 4.68 Å². The van der Waals surface area contributed by atoms with E-state index in [2.05, 4.69) is 26.0 Å². The summed E-state index contributed by atoms with van der Waals surface area (Å²) in [5.41, 5.74) is 6.47. The number of thiazole rings is 1. The summed E-state index contributed by atoms with van der Waals surface area (Å²) < 4.78 is 2.62. The fourth-order valence-corrected chi connectivity index (χ4v) is 2.12. The van der Waals surface area contributed by atoms with Crippen LogP contribution in [-0.2, 0) is 7.05 Å². The Hall–Kier alpha value is -0.880. The van der Waals surface area contributed by atoms with Gasteiger partial charge in [-0.05, 0) is 15.9 Å². The minimum atomic E-state index is 0.640. The third kappa shape index (κ3) is 1.59. The minimum absolute atomic E-state index is 0.640. The molecule has 0 bridgehead atoms. The Morgan fingerprint density at radius 3 is 2.85 bits per heavy atom. The summed E-state index contributed by atoms with van der Waals surface area (Å²) in [7, 11) is 1.81. The zero-order chi connectivity index (χ0) is 9.42. The van der Waals surface area contributed by atoms with Gasteiger partial charge in [-0.2, -0.15) is 5.10 Å². The molecule has 0 atom stereocenters. The van der Waals surface area contributed by atoms with Crippen molar-refractivity contribution >= 4 is 33.1 Å². The van der Waals surface area contributed by atoms with Crippen LogP contribution in [0.5, 0.6) is 0 Å². The van der Waals surface area contributed by atoms with Gasteiger partial charge in [0.05, 0.1) is 9.98 Å². The van der Waals surface area contributed by atoms with Crippen LogP contribution in [0.1, 0.15) is 0 Å². The number of aryl methyl sites for hydroxylation is 1. The molecule has 0 aliphatic rings. The molecule has 0 aliphatic carbocycles. The minimum Gasteiger partial charge on any atom is -0.384 e.